The monoisotopic (exact) mass is 216 g/mol. The molecule has 2 unspecified atom stereocenters. The molecule has 1 N–H and O–H groups in total. The zero-order valence-corrected chi connectivity index (χ0v) is 8.55. The van der Waals surface area contributed by atoms with E-state index in [4.69, 9.17) is 19.3 Å². The van der Waals surface area contributed by atoms with Gasteiger partial charge in [0.15, 0.2) is 6.29 Å². The maximum absolute atomic E-state index is 10.5. The van der Waals surface area contributed by atoms with Crippen LogP contribution in [0.25, 0.3) is 0 Å². The fourth-order valence-electron chi connectivity index (χ4n) is 2.01. The molecule has 0 aromatic rings. The van der Waals surface area contributed by atoms with Crippen molar-refractivity contribution < 1.29 is 24.1 Å². The summed E-state index contributed by atoms with van der Waals surface area (Å²) in [6, 6.07) is 0. The fourth-order valence-corrected chi connectivity index (χ4v) is 2.01. The Morgan fingerprint density at radius 2 is 2.07 bits per heavy atom. The number of aliphatic carboxylic acids is 1. The van der Waals surface area contributed by atoms with Crippen LogP contribution in [0.2, 0.25) is 0 Å². The van der Waals surface area contributed by atoms with Gasteiger partial charge in [-0.05, 0) is 12.8 Å². The molecule has 0 aromatic carbocycles. The molecule has 0 amide bonds. The lowest BCUT2D eigenvalue weighted by atomic mass is 10.00. The van der Waals surface area contributed by atoms with Crippen molar-refractivity contribution in [3.8, 4) is 0 Å². The molecule has 5 heteroatoms. The maximum Gasteiger partial charge on any atom is 0.306 e. The molecule has 2 rings (SSSR count). The first-order valence-electron chi connectivity index (χ1n) is 5.32. The van der Waals surface area contributed by atoms with Gasteiger partial charge in [-0.15, -0.1) is 0 Å². The molecule has 2 aliphatic heterocycles. The normalized spacial score (nSPS) is 33.1. The number of ether oxygens (including phenoxy) is 3. The van der Waals surface area contributed by atoms with Gasteiger partial charge in [-0.3, -0.25) is 4.79 Å². The predicted octanol–water partition coefficient (Wildman–Crippen LogP) is 0.629. The largest absolute Gasteiger partial charge is 0.481 e. The minimum absolute atomic E-state index is 0.0275. The number of hydrogen-bond acceptors (Lipinski definition) is 4. The molecule has 0 spiro atoms. The highest BCUT2D eigenvalue weighted by atomic mass is 16.7. The van der Waals surface area contributed by atoms with Gasteiger partial charge in [0.25, 0.3) is 0 Å². The molecule has 2 saturated heterocycles. The Hall–Kier alpha value is -0.650. The third-order valence-corrected chi connectivity index (χ3v) is 2.83. The highest BCUT2D eigenvalue weighted by Gasteiger charge is 2.34. The standard InChI is InChI=1S/C10H16O5/c11-9(12)5-8-6-14-10(15-8)7-1-3-13-4-2-7/h7-8,10H,1-6H2,(H,11,12). The van der Waals surface area contributed by atoms with E-state index in [1.165, 1.54) is 0 Å². The molecule has 5 nitrogen and oxygen atoms in total. The SMILES string of the molecule is O=C(O)CC1COC(C2CCOCC2)O1. The van der Waals surface area contributed by atoms with Gasteiger partial charge in [0.05, 0.1) is 19.1 Å². The summed E-state index contributed by atoms with van der Waals surface area (Å²) in [5, 5.41) is 8.61. The van der Waals surface area contributed by atoms with E-state index in [2.05, 4.69) is 0 Å². The van der Waals surface area contributed by atoms with Crippen molar-refractivity contribution in [3.05, 3.63) is 0 Å². The summed E-state index contributed by atoms with van der Waals surface area (Å²) in [4.78, 5) is 10.5. The molecule has 86 valence electrons. The number of carboxylic acids is 1. The molecule has 0 saturated carbocycles. The smallest absolute Gasteiger partial charge is 0.306 e. The average molecular weight is 216 g/mol. The van der Waals surface area contributed by atoms with Crippen LogP contribution in [0.1, 0.15) is 19.3 Å². The van der Waals surface area contributed by atoms with Crippen molar-refractivity contribution in [1.29, 1.82) is 0 Å². The van der Waals surface area contributed by atoms with Crippen LogP contribution in [0.3, 0.4) is 0 Å². The number of hydrogen-bond donors (Lipinski definition) is 1. The van der Waals surface area contributed by atoms with Gasteiger partial charge in [0, 0.05) is 19.1 Å². The van der Waals surface area contributed by atoms with E-state index in [1.54, 1.807) is 0 Å². The highest BCUT2D eigenvalue weighted by molar-refractivity contribution is 5.67. The van der Waals surface area contributed by atoms with Crippen molar-refractivity contribution in [2.24, 2.45) is 5.92 Å². The molecule has 0 radical (unpaired) electrons. The number of rotatable bonds is 3. The maximum atomic E-state index is 10.5. The number of carboxylic acid groups (broad SMARTS) is 1. The van der Waals surface area contributed by atoms with E-state index in [0.717, 1.165) is 26.1 Å². The second-order valence-electron chi connectivity index (χ2n) is 4.01. The fraction of sp³-hybridized carbons (Fsp3) is 0.900. The molecule has 0 aromatic heterocycles. The summed E-state index contributed by atoms with van der Waals surface area (Å²) in [6.07, 6.45) is 1.39. The minimum Gasteiger partial charge on any atom is -0.481 e. The van der Waals surface area contributed by atoms with Crippen molar-refractivity contribution >= 4 is 5.97 Å². The Morgan fingerprint density at radius 3 is 2.73 bits per heavy atom. The second-order valence-corrected chi connectivity index (χ2v) is 4.01. The average Bonchev–Trinajstić information content (AvgIpc) is 2.67. The third-order valence-electron chi connectivity index (χ3n) is 2.83. The van der Waals surface area contributed by atoms with Crippen LogP contribution < -0.4 is 0 Å². The molecule has 2 fully saturated rings. The molecule has 15 heavy (non-hydrogen) atoms. The topological polar surface area (TPSA) is 65.0 Å². The van der Waals surface area contributed by atoms with Crippen LogP contribution in [0.4, 0.5) is 0 Å². The summed E-state index contributed by atoms with van der Waals surface area (Å²) >= 11 is 0. The van der Waals surface area contributed by atoms with Crippen LogP contribution in [0.5, 0.6) is 0 Å². The summed E-state index contributed by atoms with van der Waals surface area (Å²) in [6.45, 7) is 1.89. The van der Waals surface area contributed by atoms with E-state index >= 15 is 0 Å². The Balaban J connectivity index is 1.78. The van der Waals surface area contributed by atoms with Crippen LogP contribution in [0.15, 0.2) is 0 Å². The zero-order chi connectivity index (χ0) is 10.7. The molecule has 2 heterocycles. The first kappa shape index (κ1) is 10.9. The van der Waals surface area contributed by atoms with Crippen molar-refractivity contribution in [3.63, 3.8) is 0 Å². The van der Waals surface area contributed by atoms with Crippen LogP contribution in [0, 0.1) is 5.92 Å². The summed E-state index contributed by atoms with van der Waals surface area (Å²) < 4.78 is 16.3. The van der Waals surface area contributed by atoms with Gasteiger partial charge in [-0.1, -0.05) is 0 Å². The Labute approximate surface area is 88.3 Å². The van der Waals surface area contributed by atoms with Crippen LogP contribution in [-0.4, -0.2) is 43.3 Å². The van der Waals surface area contributed by atoms with E-state index in [1.807, 2.05) is 0 Å². The quantitative estimate of drug-likeness (QED) is 0.749. The molecular formula is C10H16O5. The lowest BCUT2D eigenvalue weighted by molar-refractivity contribution is -0.143. The van der Waals surface area contributed by atoms with E-state index in [0.29, 0.717) is 12.5 Å². The Bertz CT molecular complexity index is 224. The van der Waals surface area contributed by atoms with Crippen LogP contribution >= 0.6 is 0 Å². The second kappa shape index (κ2) is 4.92. The molecular weight excluding hydrogens is 200 g/mol. The lowest BCUT2D eigenvalue weighted by Gasteiger charge is -2.26. The van der Waals surface area contributed by atoms with Gasteiger partial charge < -0.3 is 19.3 Å². The van der Waals surface area contributed by atoms with Gasteiger partial charge >= 0.3 is 5.97 Å². The highest BCUT2D eigenvalue weighted by Crippen LogP contribution is 2.27. The summed E-state index contributed by atoms with van der Waals surface area (Å²) in [5.74, 6) is -0.478. The van der Waals surface area contributed by atoms with Crippen molar-refractivity contribution in [1.82, 2.24) is 0 Å². The lowest BCUT2D eigenvalue weighted by Crippen LogP contribution is -2.28. The Kier molecular flexibility index (Phi) is 3.56. The van der Waals surface area contributed by atoms with Crippen molar-refractivity contribution in [2.45, 2.75) is 31.7 Å². The van der Waals surface area contributed by atoms with Gasteiger partial charge in [0.1, 0.15) is 0 Å². The summed E-state index contributed by atoms with van der Waals surface area (Å²) in [5.41, 5.74) is 0. The van der Waals surface area contributed by atoms with Gasteiger partial charge in [0.2, 0.25) is 0 Å². The summed E-state index contributed by atoms with van der Waals surface area (Å²) in [7, 11) is 0. The van der Waals surface area contributed by atoms with E-state index in [9.17, 15) is 4.79 Å². The van der Waals surface area contributed by atoms with Gasteiger partial charge in [-0.25, -0.2) is 0 Å². The Morgan fingerprint density at radius 1 is 1.33 bits per heavy atom. The van der Waals surface area contributed by atoms with Gasteiger partial charge in [-0.2, -0.15) is 0 Å². The van der Waals surface area contributed by atoms with Crippen LogP contribution in [-0.2, 0) is 19.0 Å². The minimum atomic E-state index is -0.837. The molecule has 0 aliphatic carbocycles. The van der Waals surface area contributed by atoms with E-state index in [-0.39, 0.29) is 18.8 Å². The predicted molar refractivity (Wildman–Crippen MR) is 50.4 cm³/mol. The van der Waals surface area contributed by atoms with Crippen molar-refractivity contribution in [2.75, 3.05) is 19.8 Å². The zero-order valence-electron chi connectivity index (χ0n) is 8.55. The number of carbonyl (C=O) groups is 1. The molecule has 2 atom stereocenters. The molecule has 0 bridgehead atoms. The first-order valence-corrected chi connectivity index (χ1v) is 5.32. The van der Waals surface area contributed by atoms with E-state index < -0.39 is 5.97 Å². The first-order chi connectivity index (χ1) is 7.25. The molecule has 2 aliphatic rings. The third kappa shape index (κ3) is 2.90.